The largest absolute Gasteiger partial charge is 0.312 e. The van der Waals surface area contributed by atoms with E-state index in [4.69, 9.17) is 0 Å². The van der Waals surface area contributed by atoms with Crippen LogP contribution in [0.5, 0.6) is 0 Å². The van der Waals surface area contributed by atoms with Gasteiger partial charge < -0.3 is 8.22 Å². The first-order chi connectivity index (χ1) is 7.67. The van der Waals surface area contributed by atoms with E-state index in [2.05, 4.69) is 0 Å². The Morgan fingerprint density at radius 1 is 0.882 bits per heavy atom. The molecule has 0 saturated heterocycles. The molecule has 0 radical (unpaired) electrons. The summed E-state index contributed by atoms with van der Waals surface area (Å²) >= 11 is 2.87. The first kappa shape index (κ1) is 13.6. The zero-order chi connectivity index (χ0) is 12.9. The fourth-order valence-electron chi connectivity index (χ4n) is 2.14. The predicted octanol–water partition coefficient (Wildman–Crippen LogP) is 5.01. The minimum Gasteiger partial charge on any atom is -0.312 e. The number of hydrogen-bond donors (Lipinski definition) is 0. The van der Waals surface area contributed by atoms with Crippen molar-refractivity contribution in [3.63, 3.8) is 0 Å². The van der Waals surface area contributed by atoms with Crippen LogP contribution in [-0.4, -0.2) is 20.1 Å². The van der Waals surface area contributed by atoms with Crippen LogP contribution in [0.3, 0.4) is 0 Å². The zero-order valence-electron chi connectivity index (χ0n) is 10.4. The van der Waals surface area contributed by atoms with E-state index in [9.17, 15) is 8.22 Å². The lowest BCUT2D eigenvalue weighted by Gasteiger charge is -2.40. The van der Waals surface area contributed by atoms with Crippen molar-refractivity contribution in [3.05, 3.63) is 24.3 Å². The maximum Gasteiger partial charge on any atom is 0.267 e. The van der Waals surface area contributed by atoms with Gasteiger partial charge in [0, 0.05) is 9.79 Å². The Labute approximate surface area is 112 Å². The molecule has 6 heteroatoms. The van der Waals surface area contributed by atoms with Crippen LogP contribution in [0.15, 0.2) is 34.1 Å². The highest BCUT2D eigenvalue weighted by molar-refractivity contribution is 8.25. The number of fused-ring (bicyclic) bond motifs is 1. The molecule has 0 aliphatic carbocycles. The number of thioether (sulfide) groups is 2. The summed E-state index contributed by atoms with van der Waals surface area (Å²) in [5, 5.41) is 0. The van der Waals surface area contributed by atoms with Gasteiger partial charge in [-0.05, 0) is 38.3 Å². The normalized spacial score (nSPS) is 19.2. The molecule has 2 rings (SSSR count). The second-order valence-electron chi connectivity index (χ2n) is 5.21. The average Bonchev–Trinajstić information content (AvgIpc) is 2.55. The third-order valence-corrected chi connectivity index (χ3v) is 19.0. The third kappa shape index (κ3) is 2.13. The lowest BCUT2D eigenvalue weighted by molar-refractivity contribution is 0.751. The summed E-state index contributed by atoms with van der Waals surface area (Å²) in [6.45, 7) is 6.53. The molecular weight excluding hydrogens is 290 g/mol. The van der Waals surface area contributed by atoms with Crippen molar-refractivity contribution in [3.8, 4) is 0 Å². The molecule has 0 fully saturated rings. The molecule has 94 valence electrons. The van der Waals surface area contributed by atoms with E-state index in [1.807, 2.05) is 24.3 Å². The van der Waals surface area contributed by atoms with E-state index in [0.29, 0.717) is 0 Å². The van der Waals surface area contributed by atoms with E-state index < -0.39 is 20.1 Å². The molecular formula is C11H16F2S2Si2. The van der Waals surface area contributed by atoms with Crippen molar-refractivity contribution in [2.24, 2.45) is 0 Å². The van der Waals surface area contributed by atoms with Gasteiger partial charge in [0.15, 0.2) is 0 Å². The number of rotatable bonds is 2. The summed E-state index contributed by atoms with van der Waals surface area (Å²) in [5.74, 6) is 0. The Kier molecular flexibility index (Phi) is 3.30. The van der Waals surface area contributed by atoms with E-state index in [-0.39, 0.29) is 0 Å². The summed E-state index contributed by atoms with van der Waals surface area (Å²) in [6, 6.07) is 7.80. The summed E-state index contributed by atoms with van der Waals surface area (Å²) in [6.07, 6.45) is 0. The van der Waals surface area contributed by atoms with Gasteiger partial charge in [0.2, 0.25) is 0 Å². The number of hydrogen-bond acceptors (Lipinski definition) is 2. The van der Waals surface area contributed by atoms with Gasteiger partial charge in [-0.1, -0.05) is 12.1 Å². The molecule has 1 heterocycles. The Morgan fingerprint density at radius 3 is 1.53 bits per heavy atom. The maximum absolute atomic E-state index is 14.7. The van der Waals surface area contributed by atoms with E-state index in [1.165, 1.54) is 23.5 Å². The standard InChI is InChI=1S/C11H16F2S2Si2/c1-16(2,12)11(17(3,4)13)14-9-7-5-6-8-10(9)15-11/h5-8H,1-4H3. The van der Waals surface area contributed by atoms with Crippen LogP contribution < -0.4 is 0 Å². The molecule has 0 bridgehead atoms. The van der Waals surface area contributed by atoms with E-state index in [0.717, 1.165) is 9.79 Å². The summed E-state index contributed by atoms with van der Waals surface area (Å²) < 4.78 is 28.6. The predicted molar refractivity (Wildman–Crippen MR) is 78.1 cm³/mol. The fourth-order valence-corrected chi connectivity index (χ4v) is 15.2. The van der Waals surface area contributed by atoms with Crippen molar-refractivity contribution in [1.29, 1.82) is 0 Å². The second-order valence-corrected chi connectivity index (χ2v) is 17.3. The second kappa shape index (κ2) is 4.11. The number of benzene rings is 1. The van der Waals surface area contributed by atoms with E-state index >= 15 is 0 Å². The van der Waals surface area contributed by atoms with Crippen molar-refractivity contribution in [1.82, 2.24) is 0 Å². The van der Waals surface area contributed by atoms with Crippen LogP contribution in [0.2, 0.25) is 26.2 Å². The van der Waals surface area contributed by atoms with Gasteiger partial charge in [0.05, 0.1) is 0 Å². The molecule has 1 aromatic carbocycles. The summed E-state index contributed by atoms with van der Waals surface area (Å²) in [7, 11) is -6.19. The molecule has 0 amide bonds. The molecule has 0 atom stereocenters. The van der Waals surface area contributed by atoms with Gasteiger partial charge in [0.25, 0.3) is 16.8 Å². The Morgan fingerprint density at radius 2 is 1.24 bits per heavy atom. The first-order valence-corrected chi connectivity index (χ1v) is 12.9. The van der Waals surface area contributed by atoms with E-state index in [1.54, 1.807) is 26.2 Å². The van der Waals surface area contributed by atoms with Crippen LogP contribution in [0.1, 0.15) is 0 Å². The highest BCUT2D eigenvalue weighted by Gasteiger charge is 2.64. The van der Waals surface area contributed by atoms with Crippen molar-refractivity contribution in [2.75, 3.05) is 0 Å². The maximum atomic E-state index is 14.7. The minimum absolute atomic E-state index is 0.844. The van der Waals surface area contributed by atoms with Gasteiger partial charge in [-0.2, -0.15) is 0 Å². The first-order valence-electron chi connectivity index (χ1n) is 5.52. The van der Waals surface area contributed by atoms with Crippen LogP contribution in [-0.2, 0) is 0 Å². The van der Waals surface area contributed by atoms with Gasteiger partial charge in [-0.15, -0.1) is 23.5 Å². The Balaban J connectivity index is 2.50. The van der Waals surface area contributed by atoms with Gasteiger partial charge >= 0.3 is 0 Å². The quantitative estimate of drug-likeness (QED) is 0.556. The summed E-state index contributed by atoms with van der Waals surface area (Å²) in [4.78, 5) is 2.07. The average molecular weight is 307 g/mol. The lowest BCUT2D eigenvalue weighted by atomic mass is 10.4. The molecule has 0 N–H and O–H groups in total. The molecule has 1 aromatic rings. The van der Waals surface area contributed by atoms with Gasteiger partial charge in [-0.3, -0.25) is 0 Å². The van der Waals surface area contributed by atoms with Crippen LogP contribution in [0.25, 0.3) is 0 Å². The third-order valence-electron chi connectivity index (χ3n) is 2.92. The molecule has 17 heavy (non-hydrogen) atoms. The summed E-state index contributed by atoms with van der Waals surface area (Å²) in [5.41, 5.74) is 0. The molecule has 0 aromatic heterocycles. The van der Waals surface area contributed by atoms with Crippen molar-refractivity contribution in [2.45, 2.75) is 39.3 Å². The fraction of sp³-hybridized carbons (Fsp3) is 0.455. The molecule has 1 aliphatic rings. The Bertz CT molecular complexity index is 397. The molecule has 0 saturated carbocycles. The lowest BCUT2D eigenvalue weighted by Crippen LogP contribution is -2.59. The SMILES string of the molecule is C[Si](C)(F)C1([Si](C)(C)F)Sc2ccccc2S1. The zero-order valence-corrected chi connectivity index (χ0v) is 14.0. The topological polar surface area (TPSA) is 0 Å². The van der Waals surface area contributed by atoms with Crippen LogP contribution >= 0.6 is 23.5 Å². The smallest absolute Gasteiger partial charge is 0.267 e. The molecule has 1 aliphatic heterocycles. The highest BCUT2D eigenvalue weighted by Crippen LogP contribution is 2.63. The molecule has 0 nitrogen and oxygen atoms in total. The van der Waals surface area contributed by atoms with Crippen LogP contribution in [0, 0.1) is 0 Å². The monoisotopic (exact) mass is 306 g/mol. The van der Waals surface area contributed by atoms with Crippen LogP contribution in [0.4, 0.5) is 8.22 Å². The molecule has 0 unspecified atom stereocenters. The van der Waals surface area contributed by atoms with Gasteiger partial charge in [-0.25, -0.2) is 0 Å². The highest BCUT2D eigenvalue weighted by atomic mass is 32.2. The van der Waals surface area contributed by atoms with Gasteiger partial charge in [0.1, 0.15) is 3.33 Å². The van der Waals surface area contributed by atoms with Crippen molar-refractivity contribution < 1.29 is 8.22 Å². The molecule has 0 spiro atoms. The number of halogens is 2. The minimum atomic E-state index is -3.09. The van der Waals surface area contributed by atoms with Crippen molar-refractivity contribution >= 4 is 40.3 Å². The Hall–Kier alpha value is 0.214.